The molecular formula is C14H23ClN2O3. The fraction of sp³-hybridized carbons (Fsp3) is 0.500. The molecule has 0 radical (unpaired) electrons. The van der Waals surface area contributed by atoms with E-state index in [2.05, 4.69) is 5.32 Å². The van der Waals surface area contributed by atoms with Crippen LogP contribution < -0.4 is 20.5 Å². The van der Waals surface area contributed by atoms with Crippen molar-refractivity contribution in [1.82, 2.24) is 0 Å². The lowest BCUT2D eigenvalue weighted by atomic mass is 9.99. The maximum atomic E-state index is 12.0. The zero-order valence-electron chi connectivity index (χ0n) is 12.3. The van der Waals surface area contributed by atoms with E-state index in [0.29, 0.717) is 17.2 Å². The normalized spacial score (nSPS) is 12.8. The average Bonchev–Trinajstić information content (AvgIpc) is 2.45. The highest BCUT2D eigenvalue weighted by Gasteiger charge is 2.19. The van der Waals surface area contributed by atoms with Crippen LogP contribution in [0.15, 0.2) is 18.2 Å². The highest BCUT2D eigenvalue weighted by Crippen LogP contribution is 2.29. The first-order chi connectivity index (χ1) is 9.03. The third-order valence-corrected chi connectivity index (χ3v) is 3.21. The van der Waals surface area contributed by atoms with Gasteiger partial charge in [0.25, 0.3) is 0 Å². The van der Waals surface area contributed by atoms with Crippen molar-refractivity contribution < 1.29 is 14.3 Å². The summed E-state index contributed by atoms with van der Waals surface area (Å²) in [5.41, 5.74) is 6.52. The van der Waals surface area contributed by atoms with E-state index in [0.717, 1.165) is 6.42 Å². The molecular weight excluding hydrogens is 280 g/mol. The van der Waals surface area contributed by atoms with Crippen LogP contribution in [0.25, 0.3) is 0 Å². The number of hydrogen-bond donors (Lipinski definition) is 2. The van der Waals surface area contributed by atoms with E-state index in [1.54, 1.807) is 32.4 Å². The summed E-state index contributed by atoms with van der Waals surface area (Å²) in [6.07, 6.45) is 0.862. The van der Waals surface area contributed by atoms with Crippen molar-refractivity contribution in [2.45, 2.75) is 26.3 Å². The first-order valence-electron chi connectivity index (χ1n) is 6.31. The van der Waals surface area contributed by atoms with Crippen molar-refractivity contribution in [1.29, 1.82) is 0 Å². The van der Waals surface area contributed by atoms with E-state index in [1.807, 2.05) is 13.8 Å². The summed E-state index contributed by atoms with van der Waals surface area (Å²) in [4.78, 5) is 12.0. The molecule has 3 N–H and O–H groups in total. The van der Waals surface area contributed by atoms with Crippen LogP contribution in [0.1, 0.15) is 20.3 Å². The summed E-state index contributed by atoms with van der Waals surface area (Å²) in [5.74, 6) is 1.13. The van der Waals surface area contributed by atoms with Gasteiger partial charge in [0, 0.05) is 11.8 Å². The molecule has 1 aromatic rings. The highest BCUT2D eigenvalue weighted by molar-refractivity contribution is 5.95. The molecule has 0 aliphatic carbocycles. The largest absolute Gasteiger partial charge is 0.493 e. The number of carbonyl (C=O) groups excluding carboxylic acids is 1. The molecule has 114 valence electrons. The molecule has 5 nitrogen and oxygen atoms in total. The second kappa shape index (κ2) is 8.66. The van der Waals surface area contributed by atoms with Gasteiger partial charge in [0.05, 0.1) is 20.3 Å². The third-order valence-electron chi connectivity index (χ3n) is 3.21. The topological polar surface area (TPSA) is 73.6 Å². The second-order valence-electron chi connectivity index (χ2n) is 4.47. The van der Waals surface area contributed by atoms with Crippen molar-refractivity contribution in [2.75, 3.05) is 19.5 Å². The molecule has 0 spiro atoms. The second-order valence-corrected chi connectivity index (χ2v) is 4.47. The summed E-state index contributed by atoms with van der Waals surface area (Å²) in [5, 5.41) is 2.78. The van der Waals surface area contributed by atoms with Crippen molar-refractivity contribution in [3.63, 3.8) is 0 Å². The van der Waals surface area contributed by atoms with Crippen LogP contribution >= 0.6 is 12.4 Å². The summed E-state index contributed by atoms with van der Waals surface area (Å²) in [6.45, 7) is 3.97. The number of anilines is 1. The Bertz CT molecular complexity index is 440. The molecule has 1 amide bonds. The molecule has 1 rings (SSSR count). The van der Waals surface area contributed by atoms with Gasteiger partial charge < -0.3 is 20.5 Å². The van der Waals surface area contributed by atoms with E-state index in [9.17, 15) is 4.79 Å². The molecule has 0 bridgehead atoms. The predicted octanol–water partition coefficient (Wildman–Crippen LogP) is 2.44. The lowest BCUT2D eigenvalue weighted by Crippen LogP contribution is -2.40. The van der Waals surface area contributed by atoms with Crippen LogP contribution in [-0.4, -0.2) is 26.2 Å². The fourth-order valence-electron chi connectivity index (χ4n) is 1.65. The van der Waals surface area contributed by atoms with Crippen molar-refractivity contribution in [3.8, 4) is 11.5 Å². The van der Waals surface area contributed by atoms with Gasteiger partial charge in [0.1, 0.15) is 0 Å². The van der Waals surface area contributed by atoms with Gasteiger partial charge in [-0.2, -0.15) is 0 Å². The number of nitrogens with one attached hydrogen (secondary N) is 1. The van der Waals surface area contributed by atoms with E-state index in [-0.39, 0.29) is 24.2 Å². The molecule has 20 heavy (non-hydrogen) atoms. The van der Waals surface area contributed by atoms with E-state index in [1.165, 1.54) is 0 Å². The number of amides is 1. The summed E-state index contributed by atoms with van der Waals surface area (Å²) < 4.78 is 10.3. The van der Waals surface area contributed by atoms with Gasteiger partial charge >= 0.3 is 0 Å². The van der Waals surface area contributed by atoms with Gasteiger partial charge in [-0.05, 0) is 18.1 Å². The number of hydrogen-bond acceptors (Lipinski definition) is 4. The monoisotopic (exact) mass is 302 g/mol. The smallest absolute Gasteiger partial charge is 0.241 e. The maximum Gasteiger partial charge on any atom is 0.241 e. The Kier molecular flexibility index (Phi) is 8.03. The van der Waals surface area contributed by atoms with Gasteiger partial charge in [0.15, 0.2) is 11.5 Å². The first kappa shape index (κ1) is 18.5. The van der Waals surface area contributed by atoms with E-state index >= 15 is 0 Å². The predicted molar refractivity (Wildman–Crippen MR) is 82.9 cm³/mol. The van der Waals surface area contributed by atoms with E-state index in [4.69, 9.17) is 15.2 Å². The Labute approximate surface area is 126 Å². The van der Waals surface area contributed by atoms with Crippen LogP contribution in [-0.2, 0) is 4.79 Å². The number of ether oxygens (including phenoxy) is 2. The summed E-state index contributed by atoms with van der Waals surface area (Å²) >= 11 is 0. The molecule has 0 aromatic heterocycles. The average molecular weight is 303 g/mol. The number of nitrogens with two attached hydrogens (primary N) is 1. The number of carbonyl (C=O) groups is 1. The molecule has 0 saturated heterocycles. The molecule has 2 unspecified atom stereocenters. The Morgan fingerprint density at radius 3 is 2.40 bits per heavy atom. The summed E-state index contributed by atoms with van der Waals surface area (Å²) in [6, 6.07) is 4.68. The Balaban J connectivity index is 0.00000361. The van der Waals surface area contributed by atoms with Gasteiger partial charge in [-0.1, -0.05) is 20.3 Å². The Morgan fingerprint density at radius 1 is 1.30 bits per heavy atom. The number of benzene rings is 1. The molecule has 0 heterocycles. The number of methoxy groups -OCH3 is 2. The Hall–Kier alpha value is -1.46. The summed E-state index contributed by atoms with van der Waals surface area (Å²) in [7, 11) is 3.11. The minimum atomic E-state index is -0.516. The molecule has 0 aliphatic rings. The van der Waals surface area contributed by atoms with Crippen LogP contribution in [0.2, 0.25) is 0 Å². The van der Waals surface area contributed by atoms with Gasteiger partial charge in [-0.3, -0.25) is 4.79 Å². The van der Waals surface area contributed by atoms with Crippen LogP contribution in [0.3, 0.4) is 0 Å². The molecule has 2 atom stereocenters. The lowest BCUT2D eigenvalue weighted by molar-refractivity contribution is -0.118. The van der Waals surface area contributed by atoms with Gasteiger partial charge in [-0.25, -0.2) is 0 Å². The van der Waals surface area contributed by atoms with Crippen LogP contribution in [0.4, 0.5) is 5.69 Å². The number of halogens is 1. The zero-order chi connectivity index (χ0) is 14.4. The van der Waals surface area contributed by atoms with Gasteiger partial charge in [0.2, 0.25) is 5.91 Å². The first-order valence-corrected chi connectivity index (χ1v) is 6.31. The maximum absolute atomic E-state index is 12.0. The lowest BCUT2D eigenvalue weighted by Gasteiger charge is -2.18. The van der Waals surface area contributed by atoms with Crippen molar-refractivity contribution >= 4 is 24.0 Å². The highest BCUT2D eigenvalue weighted by atomic mass is 35.5. The standard InChI is InChI=1S/C14H22N2O3.ClH/c1-5-9(2)13(15)14(17)16-10-6-7-11(18-3)12(8-10)19-4;/h6-9,13H,5,15H2,1-4H3,(H,16,17);1H. The quantitative estimate of drug-likeness (QED) is 0.846. The van der Waals surface area contributed by atoms with Crippen LogP contribution in [0.5, 0.6) is 11.5 Å². The van der Waals surface area contributed by atoms with Crippen molar-refractivity contribution in [3.05, 3.63) is 18.2 Å². The minimum Gasteiger partial charge on any atom is -0.493 e. The molecule has 0 fully saturated rings. The Morgan fingerprint density at radius 2 is 1.90 bits per heavy atom. The molecule has 1 aromatic carbocycles. The SMILES string of the molecule is CCC(C)C(N)C(=O)Nc1ccc(OC)c(OC)c1.Cl. The molecule has 0 aliphatic heterocycles. The minimum absolute atomic E-state index is 0. The third kappa shape index (κ3) is 4.58. The van der Waals surface area contributed by atoms with Crippen molar-refractivity contribution in [2.24, 2.45) is 11.7 Å². The molecule has 6 heteroatoms. The zero-order valence-corrected chi connectivity index (χ0v) is 13.1. The van der Waals surface area contributed by atoms with E-state index < -0.39 is 6.04 Å². The fourth-order valence-corrected chi connectivity index (χ4v) is 1.65. The van der Waals surface area contributed by atoms with Crippen LogP contribution in [0, 0.1) is 5.92 Å². The molecule has 0 saturated carbocycles. The van der Waals surface area contributed by atoms with Gasteiger partial charge in [-0.15, -0.1) is 12.4 Å². The number of rotatable bonds is 6.